The molecule has 5 nitrogen and oxygen atoms in total. The van der Waals surface area contributed by atoms with E-state index in [9.17, 15) is 12.8 Å². The lowest BCUT2D eigenvalue weighted by Gasteiger charge is -2.46. The van der Waals surface area contributed by atoms with Gasteiger partial charge < -0.3 is 4.74 Å². The summed E-state index contributed by atoms with van der Waals surface area (Å²) < 4.78 is 44.1. The van der Waals surface area contributed by atoms with Crippen LogP contribution in [0.5, 0.6) is 5.88 Å². The van der Waals surface area contributed by atoms with Gasteiger partial charge in [-0.05, 0) is 19.1 Å². The molecule has 1 aromatic heterocycles. The first-order chi connectivity index (χ1) is 9.94. The third kappa shape index (κ3) is 2.89. The van der Waals surface area contributed by atoms with Crippen molar-refractivity contribution in [1.29, 1.82) is 0 Å². The van der Waals surface area contributed by atoms with Crippen molar-refractivity contribution in [1.82, 2.24) is 9.29 Å². The molecule has 0 N–H and O–H groups in total. The van der Waals surface area contributed by atoms with E-state index in [1.54, 1.807) is 18.7 Å². The van der Waals surface area contributed by atoms with Crippen molar-refractivity contribution >= 4 is 21.8 Å². The van der Waals surface area contributed by atoms with Gasteiger partial charge in [-0.15, -0.1) is 11.8 Å². The van der Waals surface area contributed by atoms with E-state index in [-0.39, 0.29) is 22.5 Å². The highest BCUT2D eigenvalue weighted by atomic mass is 32.2. The highest BCUT2D eigenvalue weighted by Gasteiger charge is 2.53. The van der Waals surface area contributed by atoms with E-state index >= 15 is 0 Å². The maximum absolute atomic E-state index is 13.5. The summed E-state index contributed by atoms with van der Waals surface area (Å²) in [6.07, 6.45) is 2.10. The minimum atomic E-state index is -3.10. The first-order valence-corrected chi connectivity index (χ1v) is 9.42. The molecule has 1 atom stereocenters. The van der Waals surface area contributed by atoms with Crippen LogP contribution in [-0.2, 0) is 10.0 Å². The molecule has 1 spiro atoms. The Balaban J connectivity index is 1.59. The predicted molar refractivity (Wildman–Crippen MR) is 79.5 cm³/mol. The third-order valence-corrected chi connectivity index (χ3v) is 7.22. The van der Waals surface area contributed by atoms with Crippen molar-refractivity contribution in [2.45, 2.75) is 24.2 Å². The quantitative estimate of drug-likeness (QED) is 0.836. The van der Waals surface area contributed by atoms with Gasteiger partial charge in [-0.1, -0.05) is 0 Å². The van der Waals surface area contributed by atoms with Gasteiger partial charge in [0, 0.05) is 36.2 Å². The molecular weight excluding hydrogens is 315 g/mol. The Morgan fingerprint density at radius 3 is 3.00 bits per heavy atom. The predicted octanol–water partition coefficient (Wildman–Crippen LogP) is 1.51. The number of pyridine rings is 1. The van der Waals surface area contributed by atoms with E-state index in [4.69, 9.17) is 4.74 Å². The second-order valence-corrected chi connectivity index (χ2v) is 9.14. The van der Waals surface area contributed by atoms with E-state index < -0.39 is 15.8 Å². The molecule has 2 aliphatic heterocycles. The summed E-state index contributed by atoms with van der Waals surface area (Å²) in [7, 11) is -3.10. The molecule has 0 saturated carbocycles. The summed E-state index contributed by atoms with van der Waals surface area (Å²) in [5, 5.41) is 0. The Morgan fingerprint density at radius 1 is 1.57 bits per heavy atom. The summed E-state index contributed by atoms with van der Waals surface area (Å²) >= 11 is 1.71. The molecule has 2 aliphatic rings. The minimum Gasteiger partial charge on any atom is -0.471 e. The summed E-state index contributed by atoms with van der Waals surface area (Å²) in [6, 6.07) is 2.84. The standard InChI is InChI=1S/C13H17FN2O3S2/c1-2-21(17,18)16-8-13(9-16)6-10(7-20-13)19-12-11(14)4-3-5-15-12/h3-5,10H,2,6-9H2,1H3. The average molecular weight is 332 g/mol. The number of thioether (sulfide) groups is 1. The topological polar surface area (TPSA) is 59.5 Å². The molecule has 0 aliphatic carbocycles. The van der Waals surface area contributed by atoms with Gasteiger partial charge in [-0.25, -0.2) is 17.8 Å². The van der Waals surface area contributed by atoms with Gasteiger partial charge in [0.2, 0.25) is 10.0 Å². The maximum Gasteiger partial charge on any atom is 0.250 e. The monoisotopic (exact) mass is 332 g/mol. The number of sulfonamides is 1. The van der Waals surface area contributed by atoms with Crippen LogP contribution in [0, 0.1) is 5.82 Å². The average Bonchev–Trinajstić information content (AvgIpc) is 2.84. The zero-order valence-corrected chi connectivity index (χ0v) is 13.3. The normalized spacial score (nSPS) is 25.0. The van der Waals surface area contributed by atoms with Gasteiger partial charge in [-0.2, -0.15) is 4.31 Å². The smallest absolute Gasteiger partial charge is 0.250 e. The highest BCUT2D eigenvalue weighted by molar-refractivity contribution is 8.01. The second kappa shape index (κ2) is 5.40. The molecule has 3 heterocycles. The van der Waals surface area contributed by atoms with Crippen LogP contribution in [0.3, 0.4) is 0 Å². The van der Waals surface area contributed by atoms with Crippen molar-refractivity contribution in [3.05, 3.63) is 24.1 Å². The van der Waals surface area contributed by atoms with Gasteiger partial charge in [0.1, 0.15) is 6.10 Å². The zero-order valence-electron chi connectivity index (χ0n) is 11.7. The highest BCUT2D eigenvalue weighted by Crippen LogP contribution is 2.47. The lowest BCUT2D eigenvalue weighted by molar-refractivity contribution is 0.151. The number of rotatable bonds is 4. The van der Waals surface area contributed by atoms with E-state index in [1.807, 2.05) is 0 Å². The first kappa shape index (κ1) is 15.1. The van der Waals surface area contributed by atoms with Gasteiger partial charge in [-0.3, -0.25) is 0 Å². The minimum absolute atomic E-state index is 0.0255. The van der Waals surface area contributed by atoms with Gasteiger partial charge in [0.05, 0.1) is 5.75 Å². The molecule has 21 heavy (non-hydrogen) atoms. The Hall–Kier alpha value is -0.860. The van der Waals surface area contributed by atoms with Crippen molar-refractivity contribution in [2.24, 2.45) is 0 Å². The fourth-order valence-electron chi connectivity index (χ4n) is 2.69. The molecular formula is C13H17FN2O3S2. The van der Waals surface area contributed by atoms with E-state index in [1.165, 1.54) is 22.6 Å². The summed E-state index contributed by atoms with van der Waals surface area (Å²) in [4.78, 5) is 3.89. The summed E-state index contributed by atoms with van der Waals surface area (Å²) in [5.74, 6) is 0.424. The Kier molecular flexibility index (Phi) is 3.87. The Morgan fingerprint density at radius 2 is 2.33 bits per heavy atom. The Bertz CT molecular complexity index is 632. The van der Waals surface area contributed by atoms with Crippen LogP contribution >= 0.6 is 11.8 Å². The number of nitrogens with zero attached hydrogens (tertiary/aromatic N) is 2. The number of ether oxygens (including phenoxy) is 1. The molecule has 3 rings (SSSR count). The fraction of sp³-hybridized carbons (Fsp3) is 0.615. The van der Waals surface area contributed by atoms with Crippen molar-refractivity contribution in [2.75, 3.05) is 24.6 Å². The molecule has 0 aromatic carbocycles. The summed E-state index contributed by atoms with van der Waals surface area (Å²) in [6.45, 7) is 2.70. The number of hydrogen-bond donors (Lipinski definition) is 0. The Labute approximate surface area is 127 Å². The van der Waals surface area contributed by atoms with Crippen LogP contribution in [0.15, 0.2) is 18.3 Å². The number of hydrogen-bond acceptors (Lipinski definition) is 5. The van der Waals surface area contributed by atoms with Crippen LogP contribution in [0.2, 0.25) is 0 Å². The van der Waals surface area contributed by atoms with Crippen LogP contribution in [0.4, 0.5) is 4.39 Å². The van der Waals surface area contributed by atoms with Gasteiger partial charge in [0.15, 0.2) is 5.82 Å². The SMILES string of the molecule is CCS(=O)(=O)N1CC2(CC(Oc3ncccc3F)CS2)C1. The molecule has 1 unspecified atom stereocenters. The molecule has 0 amide bonds. The van der Waals surface area contributed by atoms with Crippen molar-refractivity contribution in [3.8, 4) is 5.88 Å². The van der Waals surface area contributed by atoms with Crippen molar-refractivity contribution < 1.29 is 17.5 Å². The van der Waals surface area contributed by atoms with Gasteiger partial charge in [0.25, 0.3) is 5.88 Å². The van der Waals surface area contributed by atoms with Crippen molar-refractivity contribution in [3.63, 3.8) is 0 Å². The van der Waals surface area contributed by atoms with Crippen LogP contribution < -0.4 is 4.74 Å². The molecule has 0 bridgehead atoms. The first-order valence-electron chi connectivity index (χ1n) is 6.83. The van der Waals surface area contributed by atoms with E-state index in [2.05, 4.69) is 4.98 Å². The molecule has 0 radical (unpaired) electrons. The lowest BCUT2D eigenvalue weighted by Crippen LogP contribution is -2.61. The lowest BCUT2D eigenvalue weighted by atomic mass is 9.95. The second-order valence-electron chi connectivity index (χ2n) is 5.40. The zero-order chi connectivity index (χ0) is 15.1. The fourth-order valence-corrected chi connectivity index (χ4v) is 5.63. The molecule has 8 heteroatoms. The van der Waals surface area contributed by atoms with Crippen LogP contribution in [0.1, 0.15) is 13.3 Å². The van der Waals surface area contributed by atoms with Crippen LogP contribution in [-0.4, -0.2) is 53.2 Å². The molecule has 2 fully saturated rings. The van der Waals surface area contributed by atoms with E-state index in [0.717, 1.165) is 12.2 Å². The largest absolute Gasteiger partial charge is 0.471 e. The molecule has 2 saturated heterocycles. The number of halogens is 1. The molecule has 1 aromatic rings. The maximum atomic E-state index is 13.5. The summed E-state index contributed by atoms with van der Waals surface area (Å²) in [5.41, 5.74) is 0. The molecule has 116 valence electrons. The van der Waals surface area contributed by atoms with E-state index in [0.29, 0.717) is 13.1 Å². The van der Waals surface area contributed by atoms with Gasteiger partial charge >= 0.3 is 0 Å². The third-order valence-electron chi connectivity index (χ3n) is 3.87. The van der Waals surface area contributed by atoms with Crippen LogP contribution in [0.25, 0.3) is 0 Å². The number of aromatic nitrogens is 1.